The lowest BCUT2D eigenvalue weighted by Crippen LogP contribution is -2.47. The van der Waals surface area contributed by atoms with Crippen LogP contribution in [0.5, 0.6) is 0 Å². The van der Waals surface area contributed by atoms with E-state index < -0.39 is 0 Å². The predicted octanol–water partition coefficient (Wildman–Crippen LogP) is 2.38. The van der Waals surface area contributed by atoms with E-state index in [0.29, 0.717) is 0 Å². The molecule has 1 saturated carbocycles. The summed E-state index contributed by atoms with van der Waals surface area (Å²) in [6.45, 7) is 9.52. The number of hydrogen-bond donors (Lipinski definition) is 1. The fourth-order valence-corrected chi connectivity index (χ4v) is 3.19. The van der Waals surface area contributed by atoms with Crippen LogP contribution in [0, 0.1) is 5.92 Å². The molecule has 4 nitrogen and oxygen atoms in total. The Bertz CT molecular complexity index is 467. The Morgan fingerprint density at radius 3 is 2.67 bits per heavy atom. The molecule has 1 aromatic heterocycles. The van der Waals surface area contributed by atoms with Gasteiger partial charge >= 0.3 is 0 Å². The number of pyridine rings is 1. The standard InChI is InChI=1S/C16H25ClN4/c1-2-18-10-14-9-15(17)16(19-11-14)21-7-5-20(6-8-21)12-13-3-4-13/h9,11,13,18H,2-8,10,12H2,1H3. The van der Waals surface area contributed by atoms with E-state index in [-0.39, 0.29) is 0 Å². The van der Waals surface area contributed by atoms with Gasteiger partial charge in [-0.05, 0) is 36.9 Å². The lowest BCUT2D eigenvalue weighted by Gasteiger charge is -2.35. The second-order valence-corrected chi connectivity index (χ2v) is 6.57. The lowest BCUT2D eigenvalue weighted by atomic mass is 10.2. The van der Waals surface area contributed by atoms with Crippen molar-refractivity contribution in [2.45, 2.75) is 26.3 Å². The molecule has 0 unspecified atom stereocenters. The molecule has 1 saturated heterocycles. The molecule has 0 spiro atoms. The van der Waals surface area contributed by atoms with E-state index in [1.54, 1.807) is 0 Å². The number of hydrogen-bond acceptors (Lipinski definition) is 4. The molecule has 0 radical (unpaired) electrons. The minimum Gasteiger partial charge on any atom is -0.353 e. The summed E-state index contributed by atoms with van der Waals surface area (Å²) in [7, 11) is 0. The molecule has 2 aliphatic rings. The van der Waals surface area contributed by atoms with E-state index >= 15 is 0 Å². The molecule has 116 valence electrons. The van der Waals surface area contributed by atoms with Crippen LogP contribution in [-0.2, 0) is 6.54 Å². The zero-order valence-electron chi connectivity index (χ0n) is 12.8. The zero-order chi connectivity index (χ0) is 14.7. The van der Waals surface area contributed by atoms with Gasteiger partial charge < -0.3 is 10.2 Å². The maximum Gasteiger partial charge on any atom is 0.147 e. The molecule has 5 heteroatoms. The third kappa shape index (κ3) is 4.09. The predicted molar refractivity (Wildman–Crippen MR) is 88.0 cm³/mol. The maximum absolute atomic E-state index is 6.43. The van der Waals surface area contributed by atoms with Gasteiger partial charge in [-0.15, -0.1) is 0 Å². The van der Waals surface area contributed by atoms with Crippen LogP contribution in [0.4, 0.5) is 5.82 Å². The second kappa shape index (κ2) is 6.95. The van der Waals surface area contributed by atoms with Crippen LogP contribution >= 0.6 is 11.6 Å². The number of piperazine rings is 1. The van der Waals surface area contributed by atoms with Crippen molar-refractivity contribution in [1.82, 2.24) is 15.2 Å². The summed E-state index contributed by atoms with van der Waals surface area (Å²) >= 11 is 6.43. The summed E-state index contributed by atoms with van der Waals surface area (Å²) < 4.78 is 0. The lowest BCUT2D eigenvalue weighted by molar-refractivity contribution is 0.247. The Balaban J connectivity index is 1.56. The number of anilines is 1. The van der Waals surface area contributed by atoms with Crippen LogP contribution in [-0.4, -0.2) is 49.2 Å². The van der Waals surface area contributed by atoms with Gasteiger partial charge in [0.25, 0.3) is 0 Å². The van der Waals surface area contributed by atoms with Crippen molar-refractivity contribution < 1.29 is 0 Å². The van der Waals surface area contributed by atoms with Gasteiger partial charge in [0, 0.05) is 45.5 Å². The van der Waals surface area contributed by atoms with Crippen LogP contribution in [0.1, 0.15) is 25.3 Å². The fraction of sp³-hybridized carbons (Fsp3) is 0.688. The zero-order valence-corrected chi connectivity index (χ0v) is 13.6. The summed E-state index contributed by atoms with van der Waals surface area (Å²) in [4.78, 5) is 9.50. The van der Waals surface area contributed by atoms with Crippen molar-refractivity contribution in [3.8, 4) is 0 Å². The van der Waals surface area contributed by atoms with Gasteiger partial charge in [0.2, 0.25) is 0 Å². The molecule has 1 aromatic rings. The minimum atomic E-state index is 0.779. The average molecular weight is 309 g/mol. The number of rotatable bonds is 6. The Hall–Kier alpha value is -0.840. The molecule has 2 heterocycles. The second-order valence-electron chi connectivity index (χ2n) is 6.16. The van der Waals surface area contributed by atoms with Crippen LogP contribution < -0.4 is 10.2 Å². The van der Waals surface area contributed by atoms with E-state index in [1.807, 2.05) is 12.3 Å². The van der Waals surface area contributed by atoms with Gasteiger partial charge in [-0.2, -0.15) is 0 Å². The molecule has 3 rings (SSSR count). The van der Waals surface area contributed by atoms with E-state index in [1.165, 1.54) is 19.4 Å². The first kappa shape index (κ1) is 15.1. The molecular weight excluding hydrogens is 284 g/mol. The highest BCUT2D eigenvalue weighted by Gasteiger charge is 2.27. The molecule has 2 fully saturated rings. The SMILES string of the molecule is CCNCc1cnc(N2CCN(CC3CC3)CC2)c(Cl)c1. The van der Waals surface area contributed by atoms with Gasteiger partial charge in [-0.25, -0.2) is 4.98 Å². The first-order chi connectivity index (χ1) is 10.3. The molecule has 0 atom stereocenters. The minimum absolute atomic E-state index is 0.779. The highest BCUT2D eigenvalue weighted by Crippen LogP contribution is 2.30. The Kier molecular flexibility index (Phi) is 4.99. The third-order valence-electron chi connectivity index (χ3n) is 4.34. The molecule has 1 aliphatic carbocycles. The first-order valence-corrected chi connectivity index (χ1v) is 8.46. The van der Waals surface area contributed by atoms with Crippen molar-refractivity contribution in [2.75, 3.05) is 44.2 Å². The van der Waals surface area contributed by atoms with Crippen LogP contribution in [0.15, 0.2) is 12.3 Å². The smallest absolute Gasteiger partial charge is 0.147 e. The van der Waals surface area contributed by atoms with Crippen LogP contribution in [0.3, 0.4) is 0 Å². The Morgan fingerprint density at radius 2 is 2.05 bits per heavy atom. The molecule has 1 aliphatic heterocycles. The maximum atomic E-state index is 6.43. The van der Waals surface area contributed by atoms with Crippen molar-refractivity contribution >= 4 is 17.4 Å². The first-order valence-electron chi connectivity index (χ1n) is 8.08. The topological polar surface area (TPSA) is 31.4 Å². The Labute approximate surface area is 132 Å². The van der Waals surface area contributed by atoms with Crippen LogP contribution in [0.2, 0.25) is 5.02 Å². The van der Waals surface area contributed by atoms with Crippen LogP contribution in [0.25, 0.3) is 0 Å². The van der Waals surface area contributed by atoms with Gasteiger partial charge in [0.15, 0.2) is 0 Å². The number of aromatic nitrogens is 1. The highest BCUT2D eigenvalue weighted by molar-refractivity contribution is 6.33. The van der Waals surface area contributed by atoms with E-state index in [0.717, 1.165) is 61.6 Å². The van der Waals surface area contributed by atoms with Gasteiger partial charge in [0.05, 0.1) is 5.02 Å². The van der Waals surface area contributed by atoms with E-state index in [4.69, 9.17) is 11.6 Å². The monoisotopic (exact) mass is 308 g/mol. The quantitative estimate of drug-likeness (QED) is 0.874. The molecule has 21 heavy (non-hydrogen) atoms. The van der Waals surface area contributed by atoms with Gasteiger partial charge in [0.1, 0.15) is 5.82 Å². The molecule has 0 aromatic carbocycles. The largest absolute Gasteiger partial charge is 0.353 e. The average Bonchev–Trinajstić information content (AvgIpc) is 3.30. The number of nitrogens with one attached hydrogen (secondary N) is 1. The van der Waals surface area contributed by atoms with E-state index in [2.05, 4.69) is 27.0 Å². The summed E-state index contributed by atoms with van der Waals surface area (Å²) in [5, 5.41) is 4.08. The van der Waals surface area contributed by atoms with Gasteiger partial charge in [-0.1, -0.05) is 18.5 Å². The highest BCUT2D eigenvalue weighted by atomic mass is 35.5. The van der Waals surface area contributed by atoms with Crippen molar-refractivity contribution in [2.24, 2.45) is 5.92 Å². The summed E-state index contributed by atoms with van der Waals surface area (Å²) in [6, 6.07) is 2.04. The van der Waals surface area contributed by atoms with Crippen molar-refractivity contribution in [3.63, 3.8) is 0 Å². The number of nitrogens with zero attached hydrogens (tertiary/aromatic N) is 3. The third-order valence-corrected chi connectivity index (χ3v) is 4.62. The summed E-state index contributed by atoms with van der Waals surface area (Å²) in [5.41, 5.74) is 1.15. The van der Waals surface area contributed by atoms with Crippen molar-refractivity contribution in [3.05, 3.63) is 22.8 Å². The molecule has 0 bridgehead atoms. The van der Waals surface area contributed by atoms with Crippen molar-refractivity contribution in [1.29, 1.82) is 0 Å². The Morgan fingerprint density at radius 1 is 1.29 bits per heavy atom. The molecular formula is C16H25ClN4. The summed E-state index contributed by atoms with van der Waals surface area (Å²) in [5.74, 6) is 1.92. The van der Waals surface area contributed by atoms with E-state index in [9.17, 15) is 0 Å². The normalized spacial score (nSPS) is 20.0. The summed E-state index contributed by atoms with van der Waals surface area (Å²) in [6.07, 6.45) is 4.81. The molecule has 1 N–H and O–H groups in total. The fourth-order valence-electron chi connectivity index (χ4n) is 2.88. The van der Waals surface area contributed by atoms with Gasteiger partial charge in [-0.3, -0.25) is 4.90 Å². The number of halogens is 1. The molecule has 0 amide bonds.